The fourth-order valence-electron chi connectivity index (χ4n) is 3.78. The maximum atomic E-state index is 12.5. The molecule has 1 aromatic heterocycles. The van der Waals surface area contributed by atoms with Gasteiger partial charge in [0.25, 0.3) is 5.91 Å². The molecule has 1 heterocycles. The van der Waals surface area contributed by atoms with Crippen molar-refractivity contribution in [3.8, 4) is 17.0 Å². The molecule has 1 amide bonds. The van der Waals surface area contributed by atoms with E-state index in [1.165, 1.54) is 12.1 Å². The second-order valence-corrected chi connectivity index (χ2v) is 9.67. The van der Waals surface area contributed by atoms with Gasteiger partial charge in [0.05, 0.1) is 11.2 Å². The number of aromatic hydroxyl groups is 1. The van der Waals surface area contributed by atoms with Crippen LogP contribution in [0.1, 0.15) is 15.9 Å². The molecule has 172 valence electrons. The van der Waals surface area contributed by atoms with E-state index in [0.717, 1.165) is 19.3 Å². The number of rotatable bonds is 6. The molecule has 0 saturated heterocycles. The highest BCUT2D eigenvalue weighted by Crippen LogP contribution is 2.37. The summed E-state index contributed by atoms with van der Waals surface area (Å²) < 4.78 is 3.47. The van der Waals surface area contributed by atoms with Crippen LogP contribution < -0.4 is 5.32 Å². The van der Waals surface area contributed by atoms with Gasteiger partial charge in [-0.25, -0.2) is 4.79 Å². The Balaban J connectivity index is 1.63. The van der Waals surface area contributed by atoms with E-state index in [-0.39, 0.29) is 17.7 Å². The quantitative estimate of drug-likeness (QED) is 0.196. The van der Waals surface area contributed by atoms with Crippen molar-refractivity contribution in [2.45, 2.75) is 6.42 Å². The lowest BCUT2D eigenvalue weighted by Crippen LogP contribution is -2.24. The van der Waals surface area contributed by atoms with Crippen LogP contribution in [0.5, 0.6) is 5.75 Å². The van der Waals surface area contributed by atoms with E-state index < -0.39 is 17.7 Å². The Bertz CT molecular complexity index is 1480. The average molecular weight is 633 g/mol. The predicted octanol–water partition coefficient (Wildman–Crippen LogP) is 5.37. The van der Waals surface area contributed by atoms with E-state index >= 15 is 0 Å². The number of benzene rings is 3. The summed E-state index contributed by atoms with van der Waals surface area (Å²) in [4.78, 5) is 36.4. The Morgan fingerprint density at radius 2 is 1.79 bits per heavy atom. The van der Waals surface area contributed by atoms with Gasteiger partial charge < -0.3 is 20.1 Å². The van der Waals surface area contributed by atoms with Crippen LogP contribution in [-0.4, -0.2) is 32.4 Å². The Kier molecular flexibility index (Phi) is 6.76. The highest BCUT2D eigenvalue weighted by atomic mass is 127. The summed E-state index contributed by atoms with van der Waals surface area (Å²) in [6.07, 6.45) is -0.0713. The summed E-state index contributed by atoms with van der Waals surface area (Å²) in [7, 11) is 1.82. The number of aromatic carboxylic acids is 1. The van der Waals surface area contributed by atoms with Crippen molar-refractivity contribution in [1.29, 1.82) is 0 Å². The van der Waals surface area contributed by atoms with Crippen LogP contribution in [0.25, 0.3) is 22.2 Å². The lowest BCUT2D eigenvalue weighted by Gasteiger charge is -2.09. The van der Waals surface area contributed by atoms with E-state index in [4.69, 9.17) is 0 Å². The number of Topliss-reactive ketones (excluding diaryl/α,β-unsaturated/α-hetero) is 1. The number of halogens is 2. The highest BCUT2D eigenvalue weighted by molar-refractivity contribution is 14.1. The van der Waals surface area contributed by atoms with Crippen LogP contribution in [0.3, 0.4) is 0 Å². The molecule has 7 nitrogen and oxygen atoms in total. The first kappa shape index (κ1) is 24.0. The second kappa shape index (κ2) is 9.59. The first-order chi connectivity index (χ1) is 16.2. The van der Waals surface area contributed by atoms with E-state index in [0.29, 0.717) is 22.2 Å². The van der Waals surface area contributed by atoms with Crippen LogP contribution in [0.4, 0.5) is 5.69 Å². The molecule has 3 N–H and O–H groups in total. The Morgan fingerprint density at radius 3 is 2.50 bits per heavy atom. The maximum absolute atomic E-state index is 12.5. The Morgan fingerprint density at radius 1 is 1.06 bits per heavy atom. The standard InChI is InChI=1S/C25H18BrIN2O5/c1-29-19-12-20(30)18(25(33)34)11-17(19)22(27)23(29)14-5-2-4-13(8-14)9-21(31)24(32)28-16-7-3-6-15(26)10-16/h2-8,10-12,30H,9H2,1H3,(H,28,32)(H,33,34). The van der Waals surface area contributed by atoms with E-state index in [9.17, 15) is 24.6 Å². The molecule has 0 radical (unpaired) electrons. The number of amides is 1. The van der Waals surface area contributed by atoms with Crippen molar-refractivity contribution in [2.75, 3.05) is 5.32 Å². The summed E-state index contributed by atoms with van der Waals surface area (Å²) in [5, 5.41) is 22.8. The summed E-state index contributed by atoms with van der Waals surface area (Å²) in [6, 6.07) is 17.2. The molecule has 4 aromatic rings. The summed E-state index contributed by atoms with van der Waals surface area (Å²) >= 11 is 5.48. The van der Waals surface area contributed by atoms with Crippen LogP contribution in [0.15, 0.2) is 65.1 Å². The largest absolute Gasteiger partial charge is 0.507 e. The Hall–Kier alpha value is -3.18. The van der Waals surface area contributed by atoms with Gasteiger partial charge in [0.1, 0.15) is 11.3 Å². The number of carboxylic acid groups (broad SMARTS) is 1. The number of nitrogens with one attached hydrogen (secondary N) is 1. The molecule has 0 aliphatic heterocycles. The zero-order chi connectivity index (χ0) is 24.6. The predicted molar refractivity (Wildman–Crippen MR) is 141 cm³/mol. The van der Waals surface area contributed by atoms with Crippen LogP contribution >= 0.6 is 38.5 Å². The monoisotopic (exact) mass is 632 g/mol. The summed E-state index contributed by atoms with van der Waals surface area (Å²) in [5.41, 5.74) is 3.32. The molecule has 0 bridgehead atoms. The molecule has 0 aliphatic carbocycles. The third-order valence-corrected chi connectivity index (χ3v) is 6.97. The molecule has 4 rings (SSSR count). The van der Waals surface area contributed by atoms with Gasteiger partial charge >= 0.3 is 5.97 Å². The van der Waals surface area contributed by atoms with E-state index in [1.807, 2.05) is 29.8 Å². The first-order valence-electron chi connectivity index (χ1n) is 10.1. The van der Waals surface area contributed by atoms with Crippen LogP contribution in [0, 0.1) is 3.57 Å². The molecule has 0 spiro atoms. The Labute approximate surface area is 216 Å². The van der Waals surface area contributed by atoms with Gasteiger partial charge in [-0.1, -0.05) is 40.2 Å². The number of ketones is 1. The molecule has 0 atom stereocenters. The lowest BCUT2D eigenvalue weighted by molar-refractivity contribution is -0.134. The molecule has 0 saturated carbocycles. The molecule has 0 unspecified atom stereocenters. The minimum atomic E-state index is -1.21. The van der Waals surface area contributed by atoms with Crippen molar-refractivity contribution in [3.05, 3.63) is 79.8 Å². The van der Waals surface area contributed by atoms with Crippen molar-refractivity contribution >= 4 is 72.8 Å². The van der Waals surface area contributed by atoms with Gasteiger partial charge in [0, 0.05) is 38.7 Å². The molecule has 3 aromatic carbocycles. The molecular weight excluding hydrogens is 615 g/mol. The normalized spacial score (nSPS) is 10.9. The molecule has 0 aliphatic rings. The third-order valence-electron chi connectivity index (χ3n) is 5.39. The fourth-order valence-corrected chi connectivity index (χ4v) is 5.28. The SMILES string of the molecule is Cn1c(-c2cccc(CC(=O)C(=O)Nc3cccc(Br)c3)c2)c(I)c2cc(C(=O)O)c(O)cc21. The smallest absolute Gasteiger partial charge is 0.339 e. The topological polar surface area (TPSA) is 109 Å². The number of hydrogen-bond acceptors (Lipinski definition) is 4. The van der Waals surface area contributed by atoms with Crippen LogP contribution in [0.2, 0.25) is 0 Å². The van der Waals surface area contributed by atoms with Gasteiger partial charge in [0.15, 0.2) is 0 Å². The van der Waals surface area contributed by atoms with Gasteiger partial charge in [0.2, 0.25) is 5.78 Å². The minimum Gasteiger partial charge on any atom is -0.507 e. The second-order valence-electron chi connectivity index (χ2n) is 7.68. The fraction of sp³-hybridized carbons (Fsp3) is 0.0800. The van der Waals surface area contributed by atoms with Gasteiger partial charge in [-0.05, 0) is 64.0 Å². The average Bonchev–Trinajstić information content (AvgIpc) is 3.02. The number of carbonyl (C=O) groups excluding carboxylic acids is 2. The van der Waals surface area contributed by atoms with Gasteiger partial charge in [-0.2, -0.15) is 0 Å². The molecule has 34 heavy (non-hydrogen) atoms. The van der Waals surface area contributed by atoms with Crippen LogP contribution in [-0.2, 0) is 23.1 Å². The van der Waals surface area contributed by atoms with Crippen molar-refractivity contribution < 1.29 is 24.6 Å². The molecular formula is C25H18BrIN2O5. The maximum Gasteiger partial charge on any atom is 0.339 e. The van der Waals surface area contributed by atoms with Crippen molar-refractivity contribution in [2.24, 2.45) is 7.05 Å². The zero-order valence-corrected chi connectivity index (χ0v) is 21.5. The molecule has 0 fully saturated rings. The number of phenols is 1. The summed E-state index contributed by atoms with van der Waals surface area (Å²) in [5.74, 6) is -2.78. The van der Waals surface area contributed by atoms with E-state index in [2.05, 4.69) is 43.8 Å². The number of aromatic nitrogens is 1. The summed E-state index contributed by atoms with van der Waals surface area (Å²) in [6.45, 7) is 0. The van der Waals surface area contributed by atoms with Crippen molar-refractivity contribution in [1.82, 2.24) is 4.57 Å². The van der Waals surface area contributed by atoms with Crippen molar-refractivity contribution in [3.63, 3.8) is 0 Å². The zero-order valence-electron chi connectivity index (χ0n) is 17.8. The van der Waals surface area contributed by atoms with Gasteiger partial charge in [-0.3, -0.25) is 9.59 Å². The number of carbonyl (C=O) groups is 3. The number of aryl methyl sites for hydroxylation is 1. The molecule has 9 heteroatoms. The number of hydrogen-bond donors (Lipinski definition) is 3. The number of fused-ring (bicyclic) bond motifs is 1. The third kappa shape index (κ3) is 4.71. The lowest BCUT2D eigenvalue weighted by atomic mass is 10.0. The first-order valence-corrected chi connectivity index (χ1v) is 12.0. The number of nitrogens with zero attached hydrogens (tertiary/aromatic N) is 1. The minimum absolute atomic E-state index is 0.0713. The number of anilines is 1. The van der Waals surface area contributed by atoms with Gasteiger partial charge in [-0.15, -0.1) is 0 Å². The number of carboxylic acids is 1. The van der Waals surface area contributed by atoms with E-state index in [1.54, 1.807) is 30.3 Å². The highest BCUT2D eigenvalue weighted by Gasteiger charge is 2.20.